The summed E-state index contributed by atoms with van der Waals surface area (Å²) in [7, 11) is 3.19. The molecule has 1 aromatic rings. The minimum Gasteiger partial charge on any atom is -0.494 e. The summed E-state index contributed by atoms with van der Waals surface area (Å²) in [5.74, 6) is 0.509. The first-order valence-electron chi connectivity index (χ1n) is 3.81. The Kier molecular flexibility index (Phi) is 2.84. The smallest absolute Gasteiger partial charge is 0.223 e. The molecule has 0 saturated carbocycles. The monoisotopic (exact) mass is 179 g/mol. The molecule has 1 heterocycles. The molecule has 13 heavy (non-hydrogen) atoms. The number of aromatic nitrogens is 1. The van der Waals surface area contributed by atoms with Crippen molar-refractivity contribution < 1.29 is 9.53 Å². The molecule has 1 amide bonds. The van der Waals surface area contributed by atoms with Gasteiger partial charge in [0.05, 0.1) is 7.11 Å². The van der Waals surface area contributed by atoms with Crippen LogP contribution >= 0.6 is 0 Å². The van der Waals surface area contributed by atoms with Crippen LogP contribution in [0.1, 0.15) is 6.92 Å². The van der Waals surface area contributed by atoms with Crippen molar-refractivity contribution in [1.82, 2.24) is 4.98 Å². The molecule has 1 rings (SSSR count). The summed E-state index contributed by atoms with van der Waals surface area (Å²) in [6.07, 6.45) is 4.26. The molecule has 0 fully saturated rings. The molecule has 0 spiro atoms. The van der Waals surface area contributed by atoms with Crippen LogP contribution in [0.4, 0.5) is 5.69 Å². The summed E-state index contributed by atoms with van der Waals surface area (Å²) in [4.78, 5) is 16.3. The van der Waals surface area contributed by atoms with Gasteiger partial charge in [-0.1, -0.05) is 0 Å². The maximum absolute atomic E-state index is 11.0. The summed E-state index contributed by atoms with van der Waals surface area (Å²) in [5.41, 5.74) is 0.553. The highest BCUT2D eigenvalue weighted by atomic mass is 16.5. The number of methoxy groups -OCH3 is 1. The standard InChI is InChI=1S/C9H11N2O2/c1-7(12)11(2)8-6-10-5-4-9(8)13-3/h4-5H,1-3H3. The quantitative estimate of drug-likeness (QED) is 0.676. The fourth-order valence-corrected chi connectivity index (χ4v) is 0.900. The highest BCUT2D eigenvalue weighted by Crippen LogP contribution is 2.24. The number of carbonyl (C=O) groups excluding carboxylic acids is 1. The molecular formula is C9H11N2O2. The van der Waals surface area contributed by atoms with Crippen LogP contribution in [0.3, 0.4) is 0 Å². The van der Waals surface area contributed by atoms with E-state index in [4.69, 9.17) is 4.74 Å². The van der Waals surface area contributed by atoms with Gasteiger partial charge in [0.1, 0.15) is 17.6 Å². The van der Waals surface area contributed by atoms with Crippen molar-refractivity contribution in [2.45, 2.75) is 6.92 Å². The van der Waals surface area contributed by atoms with Gasteiger partial charge in [-0.25, -0.2) is 0 Å². The highest BCUT2D eigenvalue weighted by molar-refractivity contribution is 5.92. The summed E-state index contributed by atoms with van der Waals surface area (Å²) in [6.45, 7) is 1.47. The van der Waals surface area contributed by atoms with Crippen molar-refractivity contribution in [2.75, 3.05) is 19.1 Å². The fraction of sp³-hybridized carbons (Fsp3) is 0.333. The molecule has 1 radical (unpaired) electrons. The number of rotatable bonds is 2. The van der Waals surface area contributed by atoms with E-state index in [1.54, 1.807) is 26.4 Å². The number of carbonyl (C=O) groups is 1. The lowest BCUT2D eigenvalue weighted by molar-refractivity contribution is -0.116. The van der Waals surface area contributed by atoms with E-state index in [0.717, 1.165) is 0 Å². The largest absolute Gasteiger partial charge is 0.494 e. The summed E-state index contributed by atoms with van der Waals surface area (Å²) in [6, 6.07) is 1.69. The molecule has 0 unspecified atom stereocenters. The Bertz CT molecular complexity index is 312. The van der Waals surface area contributed by atoms with Crippen LogP contribution in [0.15, 0.2) is 12.3 Å². The zero-order valence-corrected chi connectivity index (χ0v) is 7.87. The SMILES string of the molecule is COc1ccn[c]c1N(C)C(C)=O. The van der Waals surface area contributed by atoms with E-state index in [-0.39, 0.29) is 5.91 Å². The Labute approximate surface area is 77.1 Å². The van der Waals surface area contributed by atoms with E-state index in [0.29, 0.717) is 11.4 Å². The lowest BCUT2D eigenvalue weighted by Crippen LogP contribution is -2.23. The number of nitrogens with zero attached hydrogens (tertiary/aromatic N) is 2. The van der Waals surface area contributed by atoms with E-state index < -0.39 is 0 Å². The number of amides is 1. The summed E-state index contributed by atoms with van der Waals surface area (Å²) < 4.78 is 5.05. The maximum atomic E-state index is 11.0. The molecule has 0 N–H and O–H groups in total. The molecule has 0 saturated heterocycles. The van der Waals surface area contributed by atoms with Crippen molar-refractivity contribution in [3.05, 3.63) is 18.5 Å². The Balaban J connectivity index is 3.05. The van der Waals surface area contributed by atoms with Gasteiger partial charge >= 0.3 is 0 Å². The second-order valence-corrected chi connectivity index (χ2v) is 2.55. The van der Waals surface area contributed by atoms with Crippen molar-refractivity contribution in [1.29, 1.82) is 0 Å². The van der Waals surface area contributed by atoms with Gasteiger partial charge in [0.25, 0.3) is 0 Å². The van der Waals surface area contributed by atoms with E-state index in [1.807, 2.05) is 0 Å². The molecule has 0 bridgehead atoms. The molecule has 4 nitrogen and oxygen atoms in total. The zero-order valence-electron chi connectivity index (χ0n) is 7.87. The summed E-state index contributed by atoms with van der Waals surface area (Å²) in [5, 5.41) is 0. The van der Waals surface area contributed by atoms with Gasteiger partial charge in [-0.15, -0.1) is 0 Å². The fourth-order valence-electron chi connectivity index (χ4n) is 0.900. The Morgan fingerprint density at radius 1 is 1.69 bits per heavy atom. The van der Waals surface area contributed by atoms with Crippen molar-refractivity contribution in [3.8, 4) is 5.75 Å². The van der Waals surface area contributed by atoms with E-state index in [9.17, 15) is 4.79 Å². The van der Waals surface area contributed by atoms with Crippen LogP contribution in [0.25, 0.3) is 0 Å². The van der Waals surface area contributed by atoms with Gasteiger partial charge in [0.2, 0.25) is 5.91 Å². The van der Waals surface area contributed by atoms with Gasteiger partial charge in [0.15, 0.2) is 0 Å². The third-order valence-corrected chi connectivity index (χ3v) is 1.73. The molecule has 1 aromatic heterocycles. The molecule has 0 aliphatic heterocycles. The average molecular weight is 179 g/mol. The third kappa shape index (κ3) is 1.96. The van der Waals surface area contributed by atoms with Crippen LogP contribution in [0.2, 0.25) is 0 Å². The molecule has 0 aromatic carbocycles. The van der Waals surface area contributed by atoms with Crippen LogP contribution in [-0.2, 0) is 4.79 Å². The van der Waals surface area contributed by atoms with Crippen LogP contribution in [0, 0.1) is 6.20 Å². The number of hydrogen-bond donors (Lipinski definition) is 0. The van der Waals surface area contributed by atoms with Crippen LogP contribution in [-0.4, -0.2) is 25.0 Å². The van der Waals surface area contributed by atoms with Gasteiger partial charge in [-0.3, -0.25) is 9.78 Å². The summed E-state index contributed by atoms with van der Waals surface area (Å²) >= 11 is 0. The van der Waals surface area contributed by atoms with Gasteiger partial charge < -0.3 is 9.64 Å². The Morgan fingerprint density at radius 3 is 2.92 bits per heavy atom. The highest BCUT2D eigenvalue weighted by Gasteiger charge is 2.11. The lowest BCUT2D eigenvalue weighted by atomic mass is 10.3. The van der Waals surface area contributed by atoms with E-state index >= 15 is 0 Å². The number of hydrogen-bond acceptors (Lipinski definition) is 3. The molecule has 0 atom stereocenters. The Morgan fingerprint density at radius 2 is 2.38 bits per heavy atom. The van der Waals surface area contributed by atoms with Crippen LogP contribution < -0.4 is 9.64 Å². The van der Waals surface area contributed by atoms with Crippen LogP contribution in [0.5, 0.6) is 5.75 Å². The zero-order chi connectivity index (χ0) is 9.84. The molecular weight excluding hydrogens is 168 g/mol. The van der Waals surface area contributed by atoms with E-state index in [1.165, 1.54) is 11.8 Å². The van der Waals surface area contributed by atoms with Crippen molar-refractivity contribution in [3.63, 3.8) is 0 Å². The molecule has 4 heteroatoms. The normalized spacial score (nSPS) is 9.46. The second-order valence-electron chi connectivity index (χ2n) is 2.55. The second kappa shape index (κ2) is 3.89. The van der Waals surface area contributed by atoms with Gasteiger partial charge in [-0.05, 0) is 0 Å². The number of pyridine rings is 1. The molecule has 0 aliphatic carbocycles. The minimum absolute atomic E-state index is 0.0810. The first kappa shape index (κ1) is 9.51. The first-order chi connectivity index (χ1) is 6.16. The third-order valence-electron chi connectivity index (χ3n) is 1.73. The van der Waals surface area contributed by atoms with Gasteiger partial charge in [0, 0.05) is 26.2 Å². The predicted octanol–water partition coefficient (Wildman–Crippen LogP) is 0.873. The van der Waals surface area contributed by atoms with E-state index in [2.05, 4.69) is 11.2 Å². The van der Waals surface area contributed by atoms with Crippen molar-refractivity contribution in [2.24, 2.45) is 0 Å². The Hall–Kier alpha value is -1.58. The van der Waals surface area contributed by atoms with Gasteiger partial charge in [-0.2, -0.15) is 0 Å². The van der Waals surface area contributed by atoms with Crippen molar-refractivity contribution >= 4 is 11.6 Å². The lowest BCUT2D eigenvalue weighted by Gasteiger charge is -2.16. The first-order valence-corrected chi connectivity index (χ1v) is 3.81. The number of ether oxygens (including phenoxy) is 1. The minimum atomic E-state index is -0.0810. The topological polar surface area (TPSA) is 42.4 Å². The average Bonchev–Trinajstić information content (AvgIpc) is 2.16. The molecule has 0 aliphatic rings. The maximum Gasteiger partial charge on any atom is 0.223 e. The number of anilines is 1. The molecule has 69 valence electrons. The predicted molar refractivity (Wildman–Crippen MR) is 48.7 cm³/mol.